The van der Waals surface area contributed by atoms with Crippen LogP contribution in [0.3, 0.4) is 0 Å². The molecule has 3 aromatic rings. The molecule has 2 aliphatic heterocycles. The highest BCUT2D eigenvalue weighted by atomic mass is 19.1. The molecular weight excluding hydrogens is 391 g/mol. The first kappa shape index (κ1) is 20.1. The third-order valence-electron chi connectivity index (χ3n) is 6.86. The predicted octanol–water partition coefficient (Wildman–Crippen LogP) is 4.17. The first-order chi connectivity index (χ1) is 15.0. The first-order valence-electron chi connectivity index (χ1n) is 11.1. The van der Waals surface area contributed by atoms with Gasteiger partial charge in [0.05, 0.1) is 5.52 Å². The van der Waals surface area contributed by atoms with Crippen LogP contribution in [0.15, 0.2) is 48.7 Å². The minimum atomic E-state index is -0.225. The molecule has 2 N–H and O–H groups in total. The standard InChI is InChI=1S/C25H29FN4O/c1-29-16-19(21-8-7-20(26)13-23(21)29)17-30-11-4-9-25(10-12-30)14-24(31)27-15-18-5-2-3-6-22(18)28-25/h2-3,5-8,13,16,28H,4,9-12,14-15,17H2,1H3,(H,27,31). The zero-order valence-corrected chi connectivity index (χ0v) is 18.0. The van der Waals surface area contributed by atoms with Gasteiger partial charge < -0.3 is 15.2 Å². The average Bonchev–Trinajstić information content (AvgIpc) is 2.91. The molecule has 0 aliphatic carbocycles. The fourth-order valence-corrected chi connectivity index (χ4v) is 5.21. The quantitative estimate of drug-likeness (QED) is 0.654. The van der Waals surface area contributed by atoms with Gasteiger partial charge in [0.15, 0.2) is 0 Å². The molecule has 2 aromatic carbocycles. The zero-order valence-electron chi connectivity index (χ0n) is 18.0. The summed E-state index contributed by atoms with van der Waals surface area (Å²) in [7, 11) is 1.97. The van der Waals surface area contributed by atoms with Crippen molar-refractivity contribution in [2.75, 3.05) is 18.4 Å². The highest BCUT2D eigenvalue weighted by Crippen LogP contribution is 2.34. The van der Waals surface area contributed by atoms with Gasteiger partial charge in [-0.05, 0) is 61.2 Å². The number of benzene rings is 2. The molecule has 1 aromatic heterocycles. The molecule has 1 unspecified atom stereocenters. The average molecular weight is 421 g/mol. The van der Waals surface area contributed by atoms with Gasteiger partial charge >= 0.3 is 0 Å². The van der Waals surface area contributed by atoms with Crippen molar-refractivity contribution in [1.29, 1.82) is 0 Å². The van der Waals surface area contributed by atoms with E-state index in [2.05, 4.69) is 39.9 Å². The lowest BCUT2D eigenvalue weighted by atomic mass is 9.85. The summed E-state index contributed by atoms with van der Waals surface area (Å²) in [6, 6.07) is 13.3. The van der Waals surface area contributed by atoms with E-state index in [1.165, 1.54) is 11.6 Å². The molecule has 5 rings (SSSR count). The van der Waals surface area contributed by atoms with Crippen LogP contribution in [0, 0.1) is 5.82 Å². The molecule has 2 aliphatic rings. The largest absolute Gasteiger partial charge is 0.379 e. The lowest BCUT2D eigenvalue weighted by molar-refractivity contribution is -0.122. The van der Waals surface area contributed by atoms with Crippen molar-refractivity contribution in [3.63, 3.8) is 0 Å². The number of anilines is 1. The Labute approximate surface area is 182 Å². The van der Waals surface area contributed by atoms with Crippen molar-refractivity contribution in [1.82, 2.24) is 14.8 Å². The molecule has 0 radical (unpaired) electrons. The van der Waals surface area contributed by atoms with Crippen molar-refractivity contribution in [2.24, 2.45) is 7.05 Å². The van der Waals surface area contributed by atoms with Crippen molar-refractivity contribution < 1.29 is 9.18 Å². The number of aromatic nitrogens is 1. The first-order valence-corrected chi connectivity index (χ1v) is 11.1. The van der Waals surface area contributed by atoms with Crippen LogP contribution in [0.1, 0.15) is 36.8 Å². The van der Waals surface area contributed by atoms with Gasteiger partial charge in [0.2, 0.25) is 5.91 Å². The minimum Gasteiger partial charge on any atom is -0.379 e. The number of aryl methyl sites for hydroxylation is 1. The maximum Gasteiger partial charge on any atom is 0.222 e. The van der Waals surface area contributed by atoms with Gasteiger partial charge in [0.25, 0.3) is 0 Å². The van der Waals surface area contributed by atoms with E-state index in [1.54, 1.807) is 6.07 Å². The molecule has 0 bridgehead atoms. The number of halogens is 1. The fourth-order valence-electron chi connectivity index (χ4n) is 5.21. The number of nitrogens with zero attached hydrogens (tertiary/aromatic N) is 2. The van der Waals surface area contributed by atoms with Crippen LogP contribution < -0.4 is 10.6 Å². The smallest absolute Gasteiger partial charge is 0.222 e. The van der Waals surface area contributed by atoms with Crippen LogP contribution in [0.5, 0.6) is 0 Å². The molecule has 1 fully saturated rings. The van der Waals surface area contributed by atoms with E-state index in [9.17, 15) is 9.18 Å². The number of hydrogen-bond acceptors (Lipinski definition) is 3. The van der Waals surface area contributed by atoms with Crippen LogP contribution in [0.25, 0.3) is 10.9 Å². The summed E-state index contributed by atoms with van der Waals surface area (Å²) in [6.45, 7) is 3.32. The van der Waals surface area contributed by atoms with Gasteiger partial charge in [0.1, 0.15) is 5.82 Å². The van der Waals surface area contributed by atoms with Gasteiger partial charge in [-0.3, -0.25) is 9.69 Å². The van der Waals surface area contributed by atoms with E-state index in [-0.39, 0.29) is 17.3 Å². The Balaban J connectivity index is 1.36. The van der Waals surface area contributed by atoms with E-state index in [0.29, 0.717) is 13.0 Å². The number of para-hydroxylation sites is 1. The number of likely N-dealkylation sites (tertiary alicyclic amines) is 1. The Bertz CT molecular complexity index is 1120. The van der Waals surface area contributed by atoms with Crippen molar-refractivity contribution >= 4 is 22.5 Å². The number of amides is 1. The summed E-state index contributed by atoms with van der Waals surface area (Å²) in [5, 5.41) is 7.97. The van der Waals surface area contributed by atoms with Gasteiger partial charge in [-0.1, -0.05) is 18.2 Å². The van der Waals surface area contributed by atoms with Gasteiger partial charge in [-0.25, -0.2) is 4.39 Å². The Morgan fingerprint density at radius 1 is 1.13 bits per heavy atom. The highest BCUT2D eigenvalue weighted by molar-refractivity contribution is 5.84. The second-order valence-corrected chi connectivity index (χ2v) is 9.07. The summed E-state index contributed by atoms with van der Waals surface area (Å²) in [4.78, 5) is 15.1. The van der Waals surface area contributed by atoms with Crippen molar-refractivity contribution in [3.05, 3.63) is 65.6 Å². The van der Waals surface area contributed by atoms with E-state index >= 15 is 0 Å². The van der Waals surface area contributed by atoms with E-state index in [0.717, 1.165) is 61.1 Å². The number of carbonyl (C=O) groups is 1. The van der Waals surface area contributed by atoms with E-state index in [1.807, 2.05) is 23.7 Å². The van der Waals surface area contributed by atoms with Crippen LogP contribution >= 0.6 is 0 Å². The number of fused-ring (bicyclic) bond motifs is 2. The minimum absolute atomic E-state index is 0.117. The summed E-state index contributed by atoms with van der Waals surface area (Å²) >= 11 is 0. The molecular formula is C25H29FN4O. The third-order valence-corrected chi connectivity index (χ3v) is 6.86. The van der Waals surface area contributed by atoms with Crippen molar-refractivity contribution in [2.45, 2.75) is 44.3 Å². The van der Waals surface area contributed by atoms with Gasteiger partial charge in [0, 0.05) is 55.9 Å². The molecule has 0 saturated carbocycles. The molecule has 1 amide bonds. The normalized spacial score (nSPS) is 22.3. The third kappa shape index (κ3) is 4.04. The monoisotopic (exact) mass is 420 g/mol. The zero-order chi connectivity index (χ0) is 21.4. The molecule has 1 spiro atoms. The molecule has 3 heterocycles. The summed E-state index contributed by atoms with van der Waals surface area (Å²) in [5.74, 6) is -0.0857. The van der Waals surface area contributed by atoms with E-state index < -0.39 is 0 Å². The Morgan fingerprint density at radius 2 is 2.00 bits per heavy atom. The maximum atomic E-state index is 13.7. The predicted molar refractivity (Wildman–Crippen MR) is 121 cm³/mol. The summed E-state index contributed by atoms with van der Waals surface area (Å²) < 4.78 is 15.7. The lowest BCUT2D eigenvalue weighted by Crippen LogP contribution is -2.46. The Hall–Kier alpha value is -2.86. The molecule has 162 valence electrons. The fraction of sp³-hybridized carbons (Fsp3) is 0.400. The van der Waals surface area contributed by atoms with Crippen LogP contribution in [-0.4, -0.2) is 34.0 Å². The molecule has 31 heavy (non-hydrogen) atoms. The second kappa shape index (κ2) is 8.00. The number of rotatable bonds is 2. The highest BCUT2D eigenvalue weighted by Gasteiger charge is 2.36. The van der Waals surface area contributed by atoms with Crippen LogP contribution in [-0.2, 0) is 24.9 Å². The number of nitrogens with one attached hydrogen (secondary N) is 2. The Morgan fingerprint density at radius 3 is 2.90 bits per heavy atom. The van der Waals surface area contributed by atoms with Gasteiger partial charge in [-0.15, -0.1) is 0 Å². The number of hydrogen-bond donors (Lipinski definition) is 2. The molecule has 6 heteroatoms. The Kier molecular flexibility index (Phi) is 5.18. The molecule has 5 nitrogen and oxygen atoms in total. The topological polar surface area (TPSA) is 49.3 Å². The van der Waals surface area contributed by atoms with Crippen molar-refractivity contribution in [3.8, 4) is 0 Å². The van der Waals surface area contributed by atoms with Crippen LogP contribution in [0.2, 0.25) is 0 Å². The van der Waals surface area contributed by atoms with Gasteiger partial charge in [-0.2, -0.15) is 0 Å². The molecule has 1 saturated heterocycles. The molecule has 1 atom stereocenters. The SMILES string of the molecule is Cn1cc(CN2CCCC3(CC2)CC(=O)NCc2ccccc2N3)c2ccc(F)cc21. The summed E-state index contributed by atoms with van der Waals surface area (Å²) in [5.41, 5.74) is 4.20. The number of carbonyl (C=O) groups excluding carboxylic acids is 1. The second-order valence-electron chi connectivity index (χ2n) is 9.07. The van der Waals surface area contributed by atoms with Crippen LogP contribution in [0.4, 0.5) is 10.1 Å². The lowest BCUT2D eigenvalue weighted by Gasteiger charge is -2.37. The maximum absolute atomic E-state index is 13.7. The summed E-state index contributed by atoms with van der Waals surface area (Å²) in [6.07, 6.45) is 5.52. The van der Waals surface area contributed by atoms with E-state index in [4.69, 9.17) is 0 Å².